The molecule has 3 nitrogen and oxygen atoms in total. The van der Waals surface area contributed by atoms with Gasteiger partial charge in [0.2, 0.25) is 5.91 Å². The average Bonchev–Trinajstić information content (AvgIpc) is 3.07. The fourth-order valence-corrected chi connectivity index (χ4v) is 1.88. The van der Waals surface area contributed by atoms with Crippen LogP contribution in [0.1, 0.15) is 19.3 Å². The highest BCUT2D eigenvalue weighted by Gasteiger charge is 2.27. The number of rotatable bonds is 4. The summed E-state index contributed by atoms with van der Waals surface area (Å²) in [6, 6.07) is 3.95. The van der Waals surface area contributed by atoms with E-state index in [1.807, 2.05) is 0 Å². The average molecular weight is 301 g/mol. The number of benzene rings is 1. The Kier molecular flexibility index (Phi) is 3.79. The number of carbonyl (C=O) groups is 1. The SMILES string of the molecule is N[C@@H](CC1CC1)C(=O)Nc1ccc(Br)c(F)c1. The minimum atomic E-state index is -0.505. The van der Waals surface area contributed by atoms with E-state index in [9.17, 15) is 9.18 Å². The molecule has 0 bridgehead atoms. The van der Waals surface area contributed by atoms with Crippen LogP contribution in [-0.2, 0) is 4.79 Å². The summed E-state index contributed by atoms with van der Waals surface area (Å²) >= 11 is 3.05. The van der Waals surface area contributed by atoms with Gasteiger partial charge < -0.3 is 11.1 Å². The lowest BCUT2D eigenvalue weighted by molar-refractivity contribution is -0.117. The molecule has 92 valence electrons. The molecule has 3 N–H and O–H groups in total. The lowest BCUT2D eigenvalue weighted by Crippen LogP contribution is -2.36. The number of hydrogen-bond acceptors (Lipinski definition) is 2. The van der Waals surface area contributed by atoms with E-state index in [4.69, 9.17) is 5.73 Å². The van der Waals surface area contributed by atoms with Gasteiger partial charge in [0.15, 0.2) is 0 Å². The topological polar surface area (TPSA) is 55.1 Å². The van der Waals surface area contributed by atoms with Gasteiger partial charge in [0.05, 0.1) is 10.5 Å². The molecule has 1 aromatic carbocycles. The van der Waals surface area contributed by atoms with Crippen molar-refractivity contribution in [2.24, 2.45) is 11.7 Å². The summed E-state index contributed by atoms with van der Waals surface area (Å²) in [4.78, 5) is 11.7. The lowest BCUT2D eigenvalue weighted by atomic mass is 10.1. The van der Waals surface area contributed by atoms with Crippen LogP contribution in [0.2, 0.25) is 0 Å². The highest BCUT2D eigenvalue weighted by atomic mass is 79.9. The number of hydrogen-bond donors (Lipinski definition) is 2. The molecule has 1 aliphatic rings. The maximum Gasteiger partial charge on any atom is 0.241 e. The van der Waals surface area contributed by atoms with E-state index in [-0.39, 0.29) is 5.91 Å². The highest BCUT2D eigenvalue weighted by Crippen LogP contribution is 2.33. The first kappa shape index (κ1) is 12.5. The van der Waals surface area contributed by atoms with E-state index in [2.05, 4.69) is 21.2 Å². The van der Waals surface area contributed by atoms with E-state index >= 15 is 0 Å². The summed E-state index contributed by atoms with van der Waals surface area (Å²) < 4.78 is 13.6. The van der Waals surface area contributed by atoms with E-state index in [0.29, 0.717) is 22.5 Å². The van der Waals surface area contributed by atoms with Crippen molar-refractivity contribution in [3.63, 3.8) is 0 Å². The van der Waals surface area contributed by atoms with Crippen LogP contribution in [0.3, 0.4) is 0 Å². The minimum absolute atomic E-state index is 0.251. The number of carbonyl (C=O) groups excluding carboxylic acids is 1. The van der Waals surface area contributed by atoms with Crippen molar-refractivity contribution in [2.75, 3.05) is 5.32 Å². The molecule has 0 aliphatic heterocycles. The molecule has 1 saturated carbocycles. The third-order valence-corrected chi connectivity index (χ3v) is 3.45. The van der Waals surface area contributed by atoms with Gasteiger partial charge in [-0.1, -0.05) is 12.8 Å². The second-order valence-corrected chi connectivity index (χ2v) is 5.26. The quantitative estimate of drug-likeness (QED) is 0.898. The first-order valence-electron chi connectivity index (χ1n) is 5.58. The predicted molar refractivity (Wildman–Crippen MR) is 68.0 cm³/mol. The molecule has 1 amide bonds. The van der Waals surface area contributed by atoms with Crippen LogP contribution >= 0.6 is 15.9 Å². The van der Waals surface area contributed by atoms with Crippen LogP contribution in [0.25, 0.3) is 0 Å². The van der Waals surface area contributed by atoms with E-state index in [1.165, 1.54) is 6.07 Å². The summed E-state index contributed by atoms with van der Waals surface area (Å²) in [6.07, 6.45) is 3.03. The molecule has 17 heavy (non-hydrogen) atoms. The summed E-state index contributed by atoms with van der Waals surface area (Å²) in [6.45, 7) is 0. The predicted octanol–water partition coefficient (Wildman–Crippen LogP) is 2.65. The minimum Gasteiger partial charge on any atom is -0.325 e. The van der Waals surface area contributed by atoms with Gasteiger partial charge in [-0.15, -0.1) is 0 Å². The van der Waals surface area contributed by atoms with Crippen molar-refractivity contribution in [3.05, 3.63) is 28.5 Å². The summed E-state index contributed by atoms with van der Waals surface area (Å²) in [5.74, 6) is -0.0606. The van der Waals surface area contributed by atoms with Gasteiger partial charge in [0.1, 0.15) is 5.82 Å². The van der Waals surface area contributed by atoms with Crippen LogP contribution in [0.15, 0.2) is 22.7 Å². The van der Waals surface area contributed by atoms with Gasteiger partial charge in [0, 0.05) is 5.69 Å². The molecule has 0 saturated heterocycles. The van der Waals surface area contributed by atoms with Crippen molar-refractivity contribution >= 4 is 27.5 Å². The summed E-state index contributed by atoms with van der Waals surface area (Å²) in [5, 5.41) is 2.62. The van der Waals surface area contributed by atoms with Crippen molar-refractivity contribution in [3.8, 4) is 0 Å². The molecule has 5 heteroatoms. The molecule has 0 heterocycles. The lowest BCUT2D eigenvalue weighted by Gasteiger charge is -2.11. The van der Waals surface area contributed by atoms with Crippen LogP contribution < -0.4 is 11.1 Å². The second kappa shape index (κ2) is 5.14. The maximum atomic E-state index is 13.2. The molecule has 1 aliphatic carbocycles. The summed E-state index contributed by atoms with van der Waals surface area (Å²) in [5.41, 5.74) is 6.19. The first-order chi connectivity index (χ1) is 8.06. The molecule has 0 spiro atoms. The fraction of sp³-hybridized carbons (Fsp3) is 0.417. The Labute approximate surface area is 108 Å². The zero-order valence-electron chi connectivity index (χ0n) is 9.25. The van der Waals surface area contributed by atoms with Crippen molar-refractivity contribution < 1.29 is 9.18 Å². The Bertz CT molecular complexity index is 435. The molecule has 0 unspecified atom stereocenters. The molecule has 1 fully saturated rings. The van der Waals surface area contributed by atoms with Gasteiger partial charge in [-0.05, 0) is 46.5 Å². The van der Waals surface area contributed by atoms with E-state index in [1.54, 1.807) is 12.1 Å². The fourth-order valence-electron chi connectivity index (χ4n) is 1.63. The maximum absolute atomic E-state index is 13.2. The normalized spacial score (nSPS) is 16.6. The van der Waals surface area contributed by atoms with Gasteiger partial charge in [-0.2, -0.15) is 0 Å². The molecule has 1 aromatic rings. The van der Waals surface area contributed by atoms with Crippen LogP contribution in [0, 0.1) is 11.7 Å². The third-order valence-electron chi connectivity index (χ3n) is 2.81. The van der Waals surface area contributed by atoms with Gasteiger partial charge in [-0.3, -0.25) is 4.79 Å². The van der Waals surface area contributed by atoms with Crippen LogP contribution in [0.5, 0.6) is 0 Å². The number of halogens is 2. The molecular weight excluding hydrogens is 287 g/mol. The number of nitrogens with one attached hydrogen (secondary N) is 1. The van der Waals surface area contributed by atoms with Crippen molar-refractivity contribution in [1.29, 1.82) is 0 Å². The highest BCUT2D eigenvalue weighted by molar-refractivity contribution is 9.10. The molecule has 1 atom stereocenters. The van der Waals surface area contributed by atoms with Crippen LogP contribution in [-0.4, -0.2) is 11.9 Å². The first-order valence-corrected chi connectivity index (χ1v) is 6.37. The zero-order chi connectivity index (χ0) is 12.4. The monoisotopic (exact) mass is 300 g/mol. The van der Waals surface area contributed by atoms with Crippen molar-refractivity contribution in [2.45, 2.75) is 25.3 Å². The second-order valence-electron chi connectivity index (χ2n) is 4.40. The van der Waals surface area contributed by atoms with E-state index < -0.39 is 11.9 Å². The molecular formula is C12H14BrFN2O. The smallest absolute Gasteiger partial charge is 0.241 e. The Hall–Kier alpha value is -0.940. The molecule has 0 radical (unpaired) electrons. The Balaban J connectivity index is 1.94. The van der Waals surface area contributed by atoms with Gasteiger partial charge >= 0.3 is 0 Å². The molecule has 0 aromatic heterocycles. The zero-order valence-corrected chi connectivity index (χ0v) is 10.8. The largest absolute Gasteiger partial charge is 0.325 e. The summed E-state index contributed by atoms with van der Waals surface area (Å²) in [7, 11) is 0. The van der Waals surface area contributed by atoms with E-state index in [0.717, 1.165) is 12.8 Å². The number of amides is 1. The Morgan fingerprint density at radius 1 is 1.59 bits per heavy atom. The molecule has 2 rings (SSSR count). The Morgan fingerprint density at radius 3 is 2.88 bits per heavy atom. The van der Waals surface area contributed by atoms with Gasteiger partial charge in [0.25, 0.3) is 0 Å². The van der Waals surface area contributed by atoms with Crippen molar-refractivity contribution in [1.82, 2.24) is 0 Å². The Morgan fingerprint density at radius 2 is 2.29 bits per heavy atom. The van der Waals surface area contributed by atoms with Gasteiger partial charge in [-0.25, -0.2) is 4.39 Å². The number of nitrogens with two attached hydrogens (primary N) is 1. The standard InChI is InChI=1S/C12H14BrFN2O/c13-9-4-3-8(6-10(9)14)16-12(17)11(15)5-7-1-2-7/h3-4,6-7,11H,1-2,5,15H2,(H,16,17)/t11-/m0/s1. The number of anilines is 1. The third kappa shape index (κ3) is 3.51. The van der Waals surface area contributed by atoms with Crippen LogP contribution in [0.4, 0.5) is 10.1 Å².